The maximum Gasteiger partial charge on any atom is -0.0182 e. The van der Waals surface area contributed by atoms with E-state index in [1.165, 1.54) is 27.8 Å². The number of hydrogen-bond donors (Lipinski definition) is 0. The molecule has 0 bridgehead atoms. The first kappa shape index (κ1) is 15.1. The molecule has 0 saturated carbocycles. The molecule has 0 radical (unpaired) electrons. The highest BCUT2D eigenvalue weighted by Gasteiger charge is 1.98. The summed E-state index contributed by atoms with van der Waals surface area (Å²) in [5, 5.41) is 0. The Morgan fingerprint density at radius 2 is 1.57 bits per heavy atom. The lowest BCUT2D eigenvalue weighted by Gasteiger charge is -2.04. The fourth-order valence-electron chi connectivity index (χ4n) is 2.23. The van der Waals surface area contributed by atoms with E-state index >= 15 is 0 Å². The van der Waals surface area contributed by atoms with Gasteiger partial charge >= 0.3 is 0 Å². The van der Waals surface area contributed by atoms with Gasteiger partial charge in [0.05, 0.1) is 0 Å². The SMILES string of the molecule is C=C/C(=C\C=C(/C)c1ccc(C)cc1)c1cccc(C)c1. The lowest BCUT2D eigenvalue weighted by Crippen LogP contribution is -1.83. The summed E-state index contributed by atoms with van der Waals surface area (Å²) < 4.78 is 0. The number of aryl methyl sites for hydroxylation is 2. The Morgan fingerprint density at radius 3 is 2.19 bits per heavy atom. The van der Waals surface area contributed by atoms with Gasteiger partial charge in [0, 0.05) is 0 Å². The molecule has 0 aromatic heterocycles. The van der Waals surface area contributed by atoms with Gasteiger partial charge in [-0.15, -0.1) is 0 Å². The van der Waals surface area contributed by atoms with Crippen LogP contribution in [-0.2, 0) is 0 Å². The van der Waals surface area contributed by atoms with Crippen molar-refractivity contribution in [2.24, 2.45) is 0 Å². The Morgan fingerprint density at radius 1 is 0.857 bits per heavy atom. The minimum absolute atomic E-state index is 1.14. The van der Waals surface area contributed by atoms with E-state index in [0.29, 0.717) is 0 Å². The lowest BCUT2D eigenvalue weighted by molar-refractivity contribution is 1.44. The Bertz CT molecular complexity index is 682. The average Bonchev–Trinajstić information content (AvgIpc) is 2.48. The van der Waals surface area contributed by atoms with E-state index in [0.717, 1.165) is 5.57 Å². The highest BCUT2D eigenvalue weighted by Crippen LogP contribution is 2.19. The summed E-state index contributed by atoms with van der Waals surface area (Å²) in [6.45, 7) is 10.3. The molecule has 0 N–H and O–H groups in total. The van der Waals surface area contributed by atoms with Crippen molar-refractivity contribution in [1.82, 2.24) is 0 Å². The largest absolute Gasteiger partial charge is 0.0984 e. The van der Waals surface area contributed by atoms with Gasteiger partial charge in [-0.3, -0.25) is 0 Å². The van der Waals surface area contributed by atoms with Crippen LogP contribution in [0.3, 0.4) is 0 Å². The van der Waals surface area contributed by atoms with Gasteiger partial charge in [-0.05, 0) is 43.0 Å². The molecule has 106 valence electrons. The minimum atomic E-state index is 1.14. The van der Waals surface area contributed by atoms with Crippen LogP contribution in [0, 0.1) is 13.8 Å². The van der Waals surface area contributed by atoms with Crippen molar-refractivity contribution < 1.29 is 0 Å². The number of rotatable bonds is 4. The van der Waals surface area contributed by atoms with Gasteiger partial charge in [0.1, 0.15) is 0 Å². The number of hydrogen-bond acceptors (Lipinski definition) is 0. The van der Waals surface area contributed by atoms with Crippen LogP contribution in [0.15, 0.2) is 73.3 Å². The van der Waals surface area contributed by atoms with Crippen molar-refractivity contribution in [3.63, 3.8) is 0 Å². The van der Waals surface area contributed by atoms with Gasteiger partial charge < -0.3 is 0 Å². The number of benzene rings is 2. The first-order chi connectivity index (χ1) is 10.1. The molecule has 0 nitrogen and oxygen atoms in total. The van der Waals surface area contributed by atoms with Crippen LogP contribution in [0.1, 0.15) is 29.2 Å². The second-order valence-electron chi connectivity index (χ2n) is 5.41. The molecule has 0 aliphatic heterocycles. The zero-order valence-electron chi connectivity index (χ0n) is 13.1. The van der Waals surface area contributed by atoms with E-state index in [2.05, 4.69) is 88.0 Å². The summed E-state index contributed by atoms with van der Waals surface area (Å²) in [5.41, 5.74) is 7.41. The highest BCUT2D eigenvalue weighted by atomic mass is 14.0. The predicted molar refractivity (Wildman–Crippen MR) is 94.2 cm³/mol. The van der Waals surface area contributed by atoms with Gasteiger partial charge in [-0.1, -0.05) is 84.5 Å². The molecule has 0 heteroatoms. The summed E-state index contributed by atoms with van der Waals surface area (Å²) in [7, 11) is 0. The third-order valence-electron chi connectivity index (χ3n) is 3.59. The fourth-order valence-corrected chi connectivity index (χ4v) is 2.23. The van der Waals surface area contributed by atoms with E-state index in [4.69, 9.17) is 0 Å². The fraction of sp³-hybridized carbons (Fsp3) is 0.143. The van der Waals surface area contributed by atoms with Crippen LogP contribution < -0.4 is 0 Å². The van der Waals surface area contributed by atoms with Gasteiger partial charge in [-0.25, -0.2) is 0 Å². The van der Waals surface area contributed by atoms with Gasteiger partial charge in [-0.2, -0.15) is 0 Å². The molecule has 0 amide bonds. The van der Waals surface area contributed by atoms with Crippen molar-refractivity contribution in [3.05, 3.63) is 95.6 Å². The van der Waals surface area contributed by atoms with E-state index < -0.39 is 0 Å². The maximum atomic E-state index is 3.93. The second-order valence-corrected chi connectivity index (χ2v) is 5.41. The summed E-state index contributed by atoms with van der Waals surface area (Å²) in [6.07, 6.45) is 6.20. The molecule has 0 aliphatic rings. The van der Waals surface area contributed by atoms with Crippen LogP contribution in [0.4, 0.5) is 0 Å². The molecule has 0 aliphatic carbocycles. The van der Waals surface area contributed by atoms with Gasteiger partial charge in [0.25, 0.3) is 0 Å². The van der Waals surface area contributed by atoms with Crippen LogP contribution >= 0.6 is 0 Å². The quantitative estimate of drug-likeness (QED) is 0.602. The first-order valence-electron chi connectivity index (χ1n) is 7.25. The Labute approximate surface area is 128 Å². The van der Waals surface area contributed by atoms with E-state index in [-0.39, 0.29) is 0 Å². The minimum Gasteiger partial charge on any atom is -0.0984 e. The Hall–Kier alpha value is -2.34. The molecule has 2 aromatic rings. The van der Waals surface area contributed by atoms with E-state index in [1.54, 1.807) is 0 Å². The second kappa shape index (κ2) is 6.90. The summed E-state index contributed by atoms with van der Waals surface area (Å²) in [5.74, 6) is 0. The standard InChI is InChI=1S/C21H22/c1-5-19(21-8-6-7-17(3)15-21)14-11-18(4)20-12-9-16(2)10-13-20/h5-15H,1H2,2-4H3/b18-11+,19-14+. The Kier molecular flexibility index (Phi) is 4.94. The van der Waals surface area contributed by atoms with Crippen molar-refractivity contribution >= 4 is 11.1 Å². The van der Waals surface area contributed by atoms with Crippen LogP contribution in [-0.4, -0.2) is 0 Å². The molecule has 0 spiro atoms. The molecule has 21 heavy (non-hydrogen) atoms. The van der Waals surface area contributed by atoms with Gasteiger partial charge in [0.2, 0.25) is 0 Å². The predicted octanol–water partition coefficient (Wildman–Crippen LogP) is 5.98. The summed E-state index contributed by atoms with van der Waals surface area (Å²) >= 11 is 0. The summed E-state index contributed by atoms with van der Waals surface area (Å²) in [4.78, 5) is 0. The smallest absolute Gasteiger partial charge is 0.0182 e. The van der Waals surface area contributed by atoms with Crippen LogP contribution in [0.5, 0.6) is 0 Å². The molecule has 2 aromatic carbocycles. The molecule has 0 fully saturated rings. The molecule has 0 atom stereocenters. The van der Waals surface area contributed by atoms with Crippen LogP contribution in [0.2, 0.25) is 0 Å². The first-order valence-corrected chi connectivity index (χ1v) is 7.25. The molecule has 0 saturated heterocycles. The Balaban J connectivity index is 2.30. The molecular formula is C21H22. The lowest BCUT2D eigenvalue weighted by atomic mass is 10.0. The number of allylic oxidation sites excluding steroid dienone is 5. The van der Waals surface area contributed by atoms with Crippen molar-refractivity contribution in [2.75, 3.05) is 0 Å². The zero-order valence-corrected chi connectivity index (χ0v) is 13.1. The zero-order chi connectivity index (χ0) is 15.2. The van der Waals surface area contributed by atoms with E-state index in [1.807, 2.05) is 6.08 Å². The van der Waals surface area contributed by atoms with Crippen molar-refractivity contribution in [1.29, 1.82) is 0 Å². The summed E-state index contributed by atoms with van der Waals surface area (Å²) in [6, 6.07) is 17.1. The maximum absolute atomic E-state index is 3.93. The monoisotopic (exact) mass is 274 g/mol. The topological polar surface area (TPSA) is 0 Å². The average molecular weight is 274 g/mol. The van der Waals surface area contributed by atoms with Crippen molar-refractivity contribution in [2.45, 2.75) is 20.8 Å². The van der Waals surface area contributed by atoms with E-state index in [9.17, 15) is 0 Å². The third kappa shape index (κ3) is 4.06. The molecule has 2 rings (SSSR count). The highest BCUT2D eigenvalue weighted by molar-refractivity contribution is 5.77. The van der Waals surface area contributed by atoms with Crippen LogP contribution in [0.25, 0.3) is 11.1 Å². The van der Waals surface area contributed by atoms with Crippen molar-refractivity contribution in [3.8, 4) is 0 Å². The molecular weight excluding hydrogens is 252 g/mol. The normalized spacial score (nSPS) is 12.3. The molecule has 0 heterocycles. The third-order valence-corrected chi connectivity index (χ3v) is 3.59. The van der Waals surface area contributed by atoms with Gasteiger partial charge in [0.15, 0.2) is 0 Å². The molecule has 0 unspecified atom stereocenters.